The van der Waals surface area contributed by atoms with Crippen LogP contribution < -0.4 is 0 Å². The Bertz CT molecular complexity index is 475. The number of aryl methyl sites for hydroxylation is 1. The highest BCUT2D eigenvalue weighted by molar-refractivity contribution is 5.15. The smallest absolute Gasteiger partial charge is 0.187 e. The average Bonchev–Trinajstić information content (AvgIpc) is 2.58. The van der Waals surface area contributed by atoms with Gasteiger partial charge in [0, 0.05) is 0 Å². The van der Waals surface area contributed by atoms with E-state index in [1.54, 1.807) is 0 Å². The molecule has 6 heteroatoms. The molecule has 1 saturated heterocycles. The van der Waals surface area contributed by atoms with Crippen LogP contribution in [0.25, 0.3) is 0 Å². The second-order valence-electron chi connectivity index (χ2n) is 5.53. The maximum atomic E-state index is 9.81. The Balaban J connectivity index is 1.71. The van der Waals surface area contributed by atoms with Crippen LogP contribution in [-0.2, 0) is 15.9 Å². The van der Waals surface area contributed by atoms with Gasteiger partial charge in [0.2, 0.25) is 0 Å². The molecule has 128 valence electrons. The molecule has 1 aromatic carbocycles. The molecule has 1 aliphatic rings. The third-order valence-electron chi connectivity index (χ3n) is 3.81. The number of benzene rings is 1. The van der Waals surface area contributed by atoms with Crippen LogP contribution >= 0.6 is 0 Å². The van der Waals surface area contributed by atoms with E-state index in [-0.39, 0.29) is 6.61 Å². The normalized spacial score (nSPS) is 31.6. The molecule has 1 aromatic rings. The van der Waals surface area contributed by atoms with E-state index in [1.807, 2.05) is 30.4 Å². The quantitative estimate of drug-likeness (QED) is 0.527. The third-order valence-corrected chi connectivity index (χ3v) is 3.81. The van der Waals surface area contributed by atoms with Crippen LogP contribution in [0.1, 0.15) is 12.0 Å². The largest absolute Gasteiger partial charge is 0.394 e. The predicted octanol–water partition coefficient (Wildman–Crippen LogP) is -0.00810. The van der Waals surface area contributed by atoms with E-state index in [0.29, 0.717) is 0 Å². The molecule has 0 radical (unpaired) electrons. The molecule has 2 rings (SSSR count). The Hall–Kier alpha value is -1.28. The Morgan fingerprint density at radius 1 is 1.00 bits per heavy atom. The van der Waals surface area contributed by atoms with E-state index in [9.17, 15) is 15.3 Å². The SMILES string of the molecule is OC[C@H]1O[C@H](OC/C=C/CCc2ccccc2)[C@H](O)[C@@H](O)[C@H]1O. The summed E-state index contributed by atoms with van der Waals surface area (Å²) in [6, 6.07) is 10.1. The van der Waals surface area contributed by atoms with Gasteiger partial charge in [0.25, 0.3) is 0 Å². The first kappa shape index (κ1) is 18.1. The lowest BCUT2D eigenvalue weighted by molar-refractivity contribution is -0.298. The number of ether oxygens (including phenoxy) is 2. The number of hydrogen-bond acceptors (Lipinski definition) is 6. The van der Waals surface area contributed by atoms with Crippen LogP contribution in [0.4, 0.5) is 0 Å². The van der Waals surface area contributed by atoms with Gasteiger partial charge in [-0.1, -0.05) is 42.5 Å². The van der Waals surface area contributed by atoms with Crippen molar-refractivity contribution in [3.05, 3.63) is 48.0 Å². The van der Waals surface area contributed by atoms with Crippen LogP contribution in [0.15, 0.2) is 42.5 Å². The van der Waals surface area contributed by atoms with Gasteiger partial charge in [0.1, 0.15) is 24.4 Å². The summed E-state index contributed by atoms with van der Waals surface area (Å²) < 4.78 is 10.6. The zero-order valence-electron chi connectivity index (χ0n) is 12.9. The molecule has 1 fully saturated rings. The molecule has 5 atom stereocenters. The van der Waals surface area contributed by atoms with Gasteiger partial charge < -0.3 is 29.9 Å². The highest BCUT2D eigenvalue weighted by Crippen LogP contribution is 2.21. The van der Waals surface area contributed by atoms with Crippen molar-refractivity contribution in [3.8, 4) is 0 Å². The van der Waals surface area contributed by atoms with E-state index in [4.69, 9.17) is 14.6 Å². The summed E-state index contributed by atoms with van der Waals surface area (Å²) in [4.78, 5) is 0. The van der Waals surface area contributed by atoms with Gasteiger partial charge in [-0.05, 0) is 18.4 Å². The lowest BCUT2D eigenvalue weighted by Crippen LogP contribution is -2.59. The number of hydrogen-bond donors (Lipinski definition) is 4. The van der Waals surface area contributed by atoms with Crippen molar-refractivity contribution < 1.29 is 29.9 Å². The predicted molar refractivity (Wildman–Crippen MR) is 83.6 cm³/mol. The van der Waals surface area contributed by atoms with E-state index in [2.05, 4.69) is 12.1 Å². The monoisotopic (exact) mass is 324 g/mol. The highest BCUT2D eigenvalue weighted by Gasteiger charge is 2.43. The average molecular weight is 324 g/mol. The first-order valence-corrected chi connectivity index (χ1v) is 7.74. The maximum absolute atomic E-state index is 9.81. The van der Waals surface area contributed by atoms with Gasteiger partial charge in [0.15, 0.2) is 6.29 Å². The Kier molecular flexibility index (Phi) is 7.16. The minimum Gasteiger partial charge on any atom is -0.394 e. The Labute approximate surface area is 135 Å². The van der Waals surface area contributed by atoms with Crippen molar-refractivity contribution in [1.29, 1.82) is 0 Å². The molecule has 1 aliphatic heterocycles. The topological polar surface area (TPSA) is 99.4 Å². The molecule has 6 nitrogen and oxygen atoms in total. The van der Waals surface area contributed by atoms with Gasteiger partial charge in [-0.2, -0.15) is 0 Å². The summed E-state index contributed by atoms with van der Waals surface area (Å²) in [5, 5.41) is 38.2. The minimum atomic E-state index is -1.41. The molecular weight excluding hydrogens is 300 g/mol. The Morgan fingerprint density at radius 2 is 1.74 bits per heavy atom. The third kappa shape index (κ3) is 5.10. The summed E-state index contributed by atoms with van der Waals surface area (Å²) in [5.74, 6) is 0. The van der Waals surface area contributed by atoms with Crippen LogP contribution in [0, 0.1) is 0 Å². The molecule has 4 N–H and O–H groups in total. The van der Waals surface area contributed by atoms with Crippen LogP contribution in [-0.4, -0.2) is 64.3 Å². The molecule has 0 saturated carbocycles. The van der Waals surface area contributed by atoms with E-state index in [1.165, 1.54) is 5.56 Å². The summed E-state index contributed by atoms with van der Waals surface area (Å²) in [6.45, 7) is -0.255. The van der Waals surface area contributed by atoms with Crippen molar-refractivity contribution in [3.63, 3.8) is 0 Å². The van der Waals surface area contributed by atoms with E-state index in [0.717, 1.165) is 12.8 Å². The van der Waals surface area contributed by atoms with Crippen LogP contribution in [0.3, 0.4) is 0 Å². The van der Waals surface area contributed by atoms with Gasteiger partial charge in [-0.3, -0.25) is 0 Å². The summed E-state index contributed by atoms with van der Waals surface area (Å²) in [7, 11) is 0. The van der Waals surface area contributed by atoms with Crippen molar-refractivity contribution in [2.24, 2.45) is 0 Å². The molecule has 0 aromatic heterocycles. The first-order valence-electron chi connectivity index (χ1n) is 7.74. The molecule has 0 bridgehead atoms. The number of allylic oxidation sites excluding steroid dienone is 1. The number of rotatable bonds is 7. The molecule has 0 aliphatic carbocycles. The van der Waals surface area contributed by atoms with Crippen molar-refractivity contribution >= 4 is 0 Å². The molecule has 23 heavy (non-hydrogen) atoms. The van der Waals surface area contributed by atoms with E-state index >= 15 is 0 Å². The zero-order valence-corrected chi connectivity index (χ0v) is 12.9. The second-order valence-corrected chi connectivity index (χ2v) is 5.53. The van der Waals surface area contributed by atoms with Crippen molar-refractivity contribution in [2.75, 3.05) is 13.2 Å². The van der Waals surface area contributed by atoms with Crippen LogP contribution in [0.2, 0.25) is 0 Å². The summed E-state index contributed by atoms with van der Waals surface area (Å²) in [6.07, 6.45) is -0.583. The minimum absolute atomic E-state index is 0.206. The molecule has 0 unspecified atom stereocenters. The fourth-order valence-corrected chi connectivity index (χ4v) is 2.44. The zero-order chi connectivity index (χ0) is 16.7. The molecular formula is C17H24O6. The fourth-order valence-electron chi connectivity index (χ4n) is 2.44. The fraction of sp³-hybridized carbons (Fsp3) is 0.529. The van der Waals surface area contributed by atoms with Crippen LogP contribution in [0.5, 0.6) is 0 Å². The molecule has 0 amide bonds. The lowest BCUT2D eigenvalue weighted by atomic mass is 9.99. The maximum Gasteiger partial charge on any atom is 0.187 e. The standard InChI is InChI=1S/C17H24O6/c18-11-13-14(19)15(20)16(21)17(23-13)22-10-6-2-5-9-12-7-3-1-4-8-12/h1-4,6-8,13-21H,5,9-11H2/b6-2+/t13-,14+,15+,16-,17+/m1/s1. The van der Waals surface area contributed by atoms with Gasteiger partial charge in [-0.25, -0.2) is 0 Å². The summed E-state index contributed by atoms with van der Waals surface area (Å²) >= 11 is 0. The number of aliphatic hydroxyl groups is 4. The highest BCUT2D eigenvalue weighted by atomic mass is 16.7. The molecule has 0 spiro atoms. The van der Waals surface area contributed by atoms with Crippen molar-refractivity contribution in [2.45, 2.75) is 43.5 Å². The summed E-state index contributed by atoms with van der Waals surface area (Å²) in [5.41, 5.74) is 1.26. The van der Waals surface area contributed by atoms with E-state index < -0.39 is 37.3 Å². The van der Waals surface area contributed by atoms with Gasteiger partial charge >= 0.3 is 0 Å². The molecule has 1 heterocycles. The first-order chi connectivity index (χ1) is 11.1. The van der Waals surface area contributed by atoms with Gasteiger partial charge in [0.05, 0.1) is 13.2 Å². The second kappa shape index (κ2) is 9.12. The Morgan fingerprint density at radius 3 is 2.43 bits per heavy atom. The van der Waals surface area contributed by atoms with Gasteiger partial charge in [-0.15, -0.1) is 0 Å². The lowest BCUT2D eigenvalue weighted by Gasteiger charge is -2.39. The van der Waals surface area contributed by atoms with Crippen molar-refractivity contribution in [1.82, 2.24) is 0 Å². The number of aliphatic hydroxyl groups excluding tert-OH is 4.